The molecule has 0 aliphatic rings. The highest BCUT2D eigenvalue weighted by Gasteiger charge is 1.91. The van der Waals surface area contributed by atoms with Gasteiger partial charge in [-0.05, 0) is 42.0 Å². The van der Waals surface area contributed by atoms with Crippen molar-refractivity contribution < 1.29 is 9.50 Å². The van der Waals surface area contributed by atoms with Crippen LogP contribution >= 0.6 is 0 Å². The number of phenolic OH excluding ortho intramolecular Hbond substituents is 1. The van der Waals surface area contributed by atoms with E-state index in [9.17, 15) is 4.39 Å². The maximum atomic E-state index is 12.6. The lowest BCUT2D eigenvalue weighted by Crippen LogP contribution is -1.80. The van der Waals surface area contributed by atoms with Crippen LogP contribution in [0.5, 0.6) is 5.75 Å². The van der Waals surface area contributed by atoms with E-state index in [0.29, 0.717) is 0 Å². The molecule has 0 atom stereocenters. The average Bonchev–Trinajstić information content (AvgIpc) is 2.30. The molecule has 2 aromatic carbocycles. The Labute approximate surface area is 92.7 Å². The molecule has 0 spiro atoms. The standard InChI is InChI=1S/C13H10FNO/c14-11-3-1-10(2-4-11)9-15-12-5-7-13(16)8-6-12/h1-9,16H/i14-1. The monoisotopic (exact) mass is 214 g/mol. The normalized spacial score (nSPS) is 10.8. The molecular formula is C13H10FNO. The van der Waals surface area contributed by atoms with Crippen LogP contribution in [0.3, 0.4) is 0 Å². The first kappa shape index (κ1) is 10.4. The minimum atomic E-state index is -0.262. The Morgan fingerprint density at radius 2 is 1.56 bits per heavy atom. The predicted octanol–water partition coefficient (Wildman–Crippen LogP) is 3.28. The second kappa shape index (κ2) is 4.57. The Balaban J connectivity index is 2.15. The van der Waals surface area contributed by atoms with Gasteiger partial charge in [0.2, 0.25) is 0 Å². The summed E-state index contributed by atoms with van der Waals surface area (Å²) in [4.78, 5) is 4.19. The fourth-order valence-corrected chi connectivity index (χ4v) is 1.24. The first-order valence-corrected chi connectivity index (χ1v) is 4.83. The quantitative estimate of drug-likeness (QED) is 0.764. The van der Waals surface area contributed by atoms with Crippen LogP contribution in [0.2, 0.25) is 0 Å². The number of benzene rings is 2. The van der Waals surface area contributed by atoms with Crippen molar-refractivity contribution in [3.8, 4) is 5.75 Å². The van der Waals surface area contributed by atoms with Gasteiger partial charge in [-0.3, -0.25) is 4.99 Å². The van der Waals surface area contributed by atoms with Crippen LogP contribution in [0.1, 0.15) is 5.56 Å². The number of hydrogen-bond donors (Lipinski definition) is 1. The van der Waals surface area contributed by atoms with Crippen LogP contribution in [-0.2, 0) is 0 Å². The lowest BCUT2D eigenvalue weighted by Gasteiger charge is -1.95. The highest BCUT2D eigenvalue weighted by atomic mass is 18.2. The Morgan fingerprint density at radius 3 is 2.19 bits per heavy atom. The van der Waals surface area contributed by atoms with Gasteiger partial charge in [-0.15, -0.1) is 0 Å². The molecule has 0 aliphatic heterocycles. The van der Waals surface area contributed by atoms with Crippen molar-refractivity contribution in [2.24, 2.45) is 4.99 Å². The Bertz CT molecular complexity index is 441. The zero-order valence-corrected chi connectivity index (χ0v) is 8.47. The van der Waals surface area contributed by atoms with Gasteiger partial charge in [0.25, 0.3) is 0 Å². The van der Waals surface area contributed by atoms with Gasteiger partial charge in [-0.2, -0.15) is 0 Å². The van der Waals surface area contributed by atoms with E-state index in [1.54, 1.807) is 42.6 Å². The van der Waals surface area contributed by atoms with Crippen LogP contribution in [0, 0.1) is 5.82 Å². The highest BCUT2D eigenvalue weighted by molar-refractivity contribution is 5.81. The Kier molecular flexibility index (Phi) is 2.96. The van der Waals surface area contributed by atoms with Gasteiger partial charge >= 0.3 is 0 Å². The van der Waals surface area contributed by atoms with Gasteiger partial charge < -0.3 is 5.11 Å². The lowest BCUT2D eigenvalue weighted by atomic mass is 10.2. The molecule has 0 fully saturated rings. The summed E-state index contributed by atoms with van der Waals surface area (Å²) in [5.74, 6) is -0.0532. The number of phenols is 1. The maximum absolute atomic E-state index is 12.6. The molecular weight excluding hydrogens is 204 g/mol. The van der Waals surface area contributed by atoms with E-state index in [2.05, 4.69) is 4.99 Å². The van der Waals surface area contributed by atoms with Gasteiger partial charge in [-0.1, -0.05) is 12.1 Å². The van der Waals surface area contributed by atoms with Crippen molar-refractivity contribution in [2.75, 3.05) is 0 Å². The summed E-state index contributed by atoms with van der Waals surface area (Å²) in [6, 6.07) is 12.6. The second-order valence-electron chi connectivity index (χ2n) is 3.33. The van der Waals surface area contributed by atoms with Gasteiger partial charge in [0.15, 0.2) is 0 Å². The molecule has 0 amide bonds. The molecule has 2 aromatic rings. The fraction of sp³-hybridized carbons (Fsp3) is 0. The zero-order chi connectivity index (χ0) is 11.4. The summed E-state index contributed by atoms with van der Waals surface area (Å²) >= 11 is 0. The van der Waals surface area contributed by atoms with Crippen LogP contribution in [-0.4, -0.2) is 11.3 Å². The van der Waals surface area contributed by atoms with Crippen LogP contribution in [0.25, 0.3) is 0 Å². The van der Waals surface area contributed by atoms with E-state index in [1.807, 2.05) is 0 Å². The third-order valence-corrected chi connectivity index (χ3v) is 2.08. The van der Waals surface area contributed by atoms with Crippen molar-refractivity contribution in [3.63, 3.8) is 0 Å². The summed E-state index contributed by atoms with van der Waals surface area (Å²) in [6.45, 7) is 0. The van der Waals surface area contributed by atoms with E-state index in [0.717, 1.165) is 11.3 Å². The maximum Gasteiger partial charge on any atom is 0.123 e. The van der Waals surface area contributed by atoms with Crippen molar-refractivity contribution >= 4 is 11.9 Å². The minimum absolute atomic E-state index is 0.209. The SMILES string of the molecule is Oc1ccc(N=Cc2ccc([18F])cc2)cc1. The average molecular weight is 214 g/mol. The smallest absolute Gasteiger partial charge is 0.123 e. The van der Waals surface area contributed by atoms with E-state index in [1.165, 1.54) is 12.1 Å². The first-order chi connectivity index (χ1) is 7.74. The predicted molar refractivity (Wildman–Crippen MR) is 61.8 cm³/mol. The Hall–Kier alpha value is -2.16. The van der Waals surface area contributed by atoms with Crippen LogP contribution in [0.4, 0.5) is 10.1 Å². The van der Waals surface area contributed by atoms with Crippen molar-refractivity contribution in [2.45, 2.75) is 0 Å². The van der Waals surface area contributed by atoms with Gasteiger partial charge in [-0.25, -0.2) is 4.39 Å². The van der Waals surface area contributed by atoms with Crippen LogP contribution < -0.4 is 0 Å². The fourth-order valence-electron chi connectivity index (χ4n) is 1.24. The van der Waals surface area contributed by atoms with E-state index in [4.69, 9.17) is 5.11 Å². The molecule has 1 N–H and O–H groups in total. The number of halogens is 1. The topological polar surface area (TPSA) is 32.6 Å². The third-order valence-electron chi connectivity index (χ3n) is 2.08. The van der Waals surface area contributed by atoms with Gasteiger partial charge in [0.05, 0.1) is 5.69 Å². The molecule has 2 rings (SSSR count). The molecule has 3 heteroatoms. The molecule has 0 heterocycles. The van der Waals surface area contributed by atoms with E-state index < -0.39 is 0 Å². The van der Waals surface area contributed by atoms with E-state index in [-0.39, 0.29) is 11.6 Å². The van der Waals surface area contributed by atoms with Crippen molar-refractivity contribution in [1.29, 1.82) is 0 Å². The molecule has 0 aliphatic carbocycles. The number of aromatic hydroxyl groups is 1. The molecule has 0 unspecified atom stereocenters. The summed E-state index contributed by atoms with van der Waals surface area (Å²) in [5, 5.41) is 9.08. The number of aliphatic imine (C=N–C) groups is 1. The highest BCUT2D eigenvalue weighted by Crippen LogP contribution is 2.16. The Morgan fingerprint density at radius 1 is 0.938 bits per heavy atom. The van der Waals surface area contributed by atoms with E-state index >= 15 is 0 Å². The zero-order valence-electron chi connectivity index (χ0n) is 8.47. The van der Waals surface area contributed by atoms with Gasteiger partial charge in [0.1, 0.15) is 11.6 Å². The molecule has 0 radical (unpaired) electrons. The summed E-state index contributed by atoms with van der Waals surface area (Å²) < 4.78 is 12.6. The molecule has 0 saturated heterocycles. The largest absolute Gasteiger partial charge is 0.508 e. The lowest BCUT2D eigenvalue weighted by molar-refractivity contribution is 0.475. The molecule has 0 bridgehead atoms. The first-order valence-electron chi connectivity index (χ1n) is 4.83. The van der Waals surface area contributed by atoms with Crippen LogP contribution in [0.15, 0.2) is 53.5 Å². The van der Waals surface area contributed by atoms with Gasteiger partial charge in [0, 0.05) is 6.21 Å². The summed E-state index contributed by atoms with van der Waals surface area (Å²) in [7, 11) is 0. The molecule has 2 nitrogen and oxygen atoms in total. The summed E-state index contributed by atoms with van der Waals surface area (Å²) in [5.41, 5.74) is 1.57. The second-order valence-corrected chi connectivity index (χ2v) is 3.33. The number of hydrogen-bond acceptors (Lipinski definition) is 2. The minimum Gasteiger partial charge on any atom is -0.508 e. The van der Waals surface area contributed by atoms with Crippen molar-refractivity contribution in [3.05, 3.63) is 59.9 Å². The number of nitrogens with zero attached hydrogens (tertiary/aromatic N) is 1. The number of rotatable bonds is 2. The third kappa shape index (κ3) is 2.67. The molecule has 0 saturated carbocycles. The molecule has 80 valence electrons. The molecule has 0 aromatic heterocycles. The van der Waals surface area contributed by atoms with Crippen molar-refractivity contribution in [1.82, 2.24) is 0 Å². The summed E-state index contributed by atoms with van der Waals surface area (Å²) in [6.07, 6.45) is 1.64. The molecule has 16 heavy (non-hydrogen) atoms.